The Bertz CT molecular complexity index is 849. The van der Waals surface area contributed by atoms with E-state index in [0.717, 1.165) is 6.42 Å². The molecule has 0 aliphatic rings. The van der Waals surface area contributed by atoms with Crippen LogP contribution in [0.1, 0.15) is 21.5 Å². The lowest BCUT2D eigenvalue weighted by Gasteiger charge is -2.03. The van der Waals surface area contributed by atoms with Gasteiger partial charge in [-0.3, -0.25) is 4.79 Å². The predicted octanol–water partition coefficient (Wildman–Crippen LogP) is 1.76. The first kappa shape index (κ1) is 19.5. The van der Waals surface area contributed by atoms with Crippen molar-refractivity contribution < 1.29 is 21.8 Å². The maximum Gasteiger partial charge on any atom is 0.229 e. The summed E-state index contributed by atoms with van der Waals surface area (Å²) in [4.78, 5) is 12.4. The number of pyridine rings is 1. The van der Waals surface area contributed by atoms with Gasteiger partial charge in [-0.05, 0) is 35.7 Å². The van der Waals surface area contributed by atoms with Gasteiger partial charge in [0.1, 0.15) is 0 Å². The van der Waals surface area contributed by atoms with Gasteiger partial charge in [0.15, 0.2) is 12.4 Å². The van der Waals surface area contributed by atoms with Gasteiger partial charge in [0.05, 0.1) is 5.02 Å². The summed E-state index contributed by atoms with van der Waals surface area (Å²) in [5.41, 5.74) is 2.95. The molecule has 2 nitrogen and oxygen atoms in total. The number of benzene rings is 2. The second kappa shape index (κ2) is 9.00. The van der Waals surface area contributed by atoms with Crippen LogP contribution in [0.2, 0.25) is 10.0 Å². The Labute approximate surface area is 163 Å². The van der Waals surface area contributed by atoms with Gasteiger partial charge in [-0.1, -0.05) is 53.5 Å². The number of rotatable bonds is 5. The largest absolute Gasteiger partial charge is 1.00 e. The first-order valence-electron chi connectivity index (χ1n) is 7.62. The molecule has 0 N–H and O–H groups in total. The molecule has 3 aromatic rings. The molecule has 0 amide bonds. The second-order valence-electron chi connectivity index (χ2n) is 5.59. The Morgan fingerprint density at radius 2 is 1.52 bits per heavy atom. The molecule has 0 radical (unpaired) electrons. The van der Waals surface area contributed by atoms with E-state index in [4.69, 9.17) is 23.2 Å². The Kier molecular flexibility index (Phi) is 7.01. The number of carbonyl (C=O) groups is 1. The quantitative estimate of drug-likeness (QED) is 0.479. The Morgan fingerprint density at radius 3 is 2.16 bits per heavy atom. The summed E-state index contributed by atoms with van der Waals surface area (Å²) < 4.78 is 1.85. The zero-order valence-corrected chi connectivity index (χ0v) is 15.6. The van der Waals surface area contributed by atoms with Crippen molar-refractivity contribution in [2.75, 3.05) is 0 Å². The molecule has 1 aromatic heterocycles. The van der Waals surface area contributed by atoms with Gasteiger partial charge >= 0.3 is 0 Å². The van der Waals surface area contributed by atoms with Crippen LogP contribution < -0.4 is 17.0 Å². The summed E-state index contributed by atoms with van der Waals surface area (Å²) in [7, 11) is 0. The molecule has 3 rings (SSSR count). The minimum absolute atomic E-state index is 0. The first-order chi connectivity index (χ1) is 11.6. The maximum absolute atomic E-state index is 12.4. The van der Waals surface area contributed by atoms with E-state index in [1.165, 1.54) is 11.1 Å². The van der Waals surface area contributed by atoms with Crippen LogP contribution in [0.5, 0.6) is 0 Å². The SMILES string of the molecule is O=C(C[n+]1ccc(Cc2ccccc2)cc1)c1ccc(Cl)cc1Cl.[Cl-]. The molecule has 5 heteroatoms. The number of Topliss-reactive ketones (excluding diaryl/α,β-unsaturated/α-hetero) is 1. The van der Waals surface area contributed by atoms with Gasteiger partial charge in [0.25, 0.3) is 0 Å². The molecule has 0 aliphatic carbocycles. The number of ketones is 1. The lowest BCUT2D eigenvalue weighted by Crippen LogP contribution is -3.00. The molecule has 25 heavy (non-hydrogen) atoms. The van der Waals surface area contributed by atoms with Gasteiger partial charge in [-0.15, -0.1) is 0 Å². The molecule has 0 atom stereocenters. The van der Waals surface area contributed by atoms with Crippen molar-refractivity contribution in [3.8, 4) is 0 Å². The summed E-state index contributed by atoms with van der Waals surface area (Å²) in [6.07, 6.45) is 4.71. The predicted molar refractivity (Wildman–Crippen MR) is 96.7 cm³/mol. The highest BCUT2D eigenvalue weighted by molar-refractivity contribution is 6.36. The van der Waals surface area contributed by atoms with E-state index in [2.05, 4.69) is 12.1 Å². The van der Waals surface area contributed by atoms with Crippen molar-refractivity contribution in [1.29, 1.82) is 0 Å². The minimum Gasteiger partial charge on any atom is -1.00 e. The van der Waals surface area contributed by atoms with Crippen LogP contribution in [-0.4, -0.2) is 5.78 Å². The summed E-state index contributed by atoms with van der Waals surface area (Å²) >= 11 is 12.0. The highest BCUT2D eigenvalue weighted by Gasteiger charge is 2.15. The molecule has 0 saturated carbocycles. The van der Waals surface area contributed by atoms with Crippen molar-refractivity contribution in [1.82, 2.24) is 0 Å². The number of hydrogen-bond donors (Lipinski definition) is 0. The fourth-order valence-corrected chi connectivity index (χ4v) is 3.02. The third-order valence-corrected chi connectivity index (χ3v) is 4.32. The number of nitrogens with zero attached hydrogens (tertiary/aromatic N) is 1. The molecule has 0 bridgehead atoms. The van der Waals surface area contributed by atoms with E-state index in [-0.39, 0.29) is 24.7 Å². The van der Waals surface area contributed by atoms with E-state index in [9.17, 15) is 4.79 Å². The summed E-state index contributed by atoms with van der Waals surface area (Å²) in [6, 6.07) is 19.3. The summed E-state index contributed by atoms with van der Waals surface area (Å²) in [5, 5.41) is 0.906. The average molecular weight is 393 g/mol. The van der Waals surface area contributed by atoms with Gasteiger partial charge in [0, 0.05) is 22.7 Å². The monoisotopic (exact) mass is 391 g/mol. The number of hydrogen-bond acceptors (Lipinski definition) is 1. The van der Waals surface area contributed by atoms with Crippen LogP contribution >= 0.6 is 23.2 Å². The normalized spacial score (nSPS) is 10.2. The molecule has 2 aromatic carbocycles. The number of aromatic nitrogens is 1. The van der Waals surface area contributed by atoms with E-state index in [0.29, 0.717) is 15.6 Å². The van der Waals surface area contributed by atoms with E-state index in [1.807, 2.05) is 47.3 Å². The van der Waals surface area contributed by atoms with E-state index >= 15 is 0 Å². The van der Waals surface area contributed by atoms with E-state index < -0.39 is 0 Å². The van der Waals surface area contributed by atoms with Gasteiger partial charge in [-0.2, -0.15) is 4.57 Å². The fourth-order valence-electron chi connectivity index (χ4n) is 2.51. The van der Waals surface area contributed by atoms with Gasteiger partial charge < -0.3 is 12.4 Å². The fraction of sp³-hybridized carbons (Fsp3) is 0.100. The third kappa shape index (κ3) is 5.30. The van der Waals surface area contributed by atoms with Crippen LogP contribution in [0.4, 0.5) is 0 Å². The molecule has 0 aliphatic heterocycles. The van der Waals surface area contributed by atoms with Crippen molar-refractivity contribution in [2.24, 2.45) is 0 Å². The van der Waals surface area contributed by atoms with Crippen LogP contribution in [-0.2, 0) is 13.0 Å². The smallest absolute Gasteiger partial charge is 0.229 e. The first-order valence-corrected chi connectivity index (χ1v) is 8.37. The van der Waals surface area contributed by atoms with Gasteiger partial charge in [-0.25, -0.2) is 0 Å². The number of halogens is 3. The third-order valence-electron chi connectivity index (χ3n) is 3.77. The highest BCUT2D eigenvalue weighted by atomic mass is 35.5. The highest BCUT2D eigenvalue weighted by Crippen LogP contribution is 2.21. The molecule has 0 fully saturated rings. The molecule has 0 saturated heterocycles. The molecule has 128 valence electrons. The number of carbonyl (C=O) groups excluding carboxylic acids is 1. The van der Waals surface area contributed by atoms with Gasteiger partial charge in [0.2, 0.25) is 12.3 Å². The lowest BCUT2D eigenvalue weighted by molar-refractivity contribution is -0.683. The average Bonchev–Trinajstić information content (AvgIpc) is 2.57. The molecular weight excluding hydrogens is 377 g/mol. The van der Waals surface area contributed by atoms with E-state index in [1.54, 1.807) is 18.2 Å². The van der Waals surface area contributed by atoms with Crippen LogP contribution in [0.15, 0.2) is 73.1 Å². The zero-order chi connectivity index (χ0) is 16.9. The topological polar surface area (TPSA) is 20.9 Å². The Hall–Kier alpha value is -1.87. The molecule has 0 unspecified atom stereocenters. The van der Waals surface area contributed by atoms with Crippen molar-refractivity contribution in [3.63, 3.8) is 0 Å². The van der Waals surface area contributed by atoms with Crippen molar-refractivity contribution in [3.05, 3.63) is 99.8 Å². The molecule has 1 heterocycles. The maximum atomic E-state index is 12.4. The Balaban J connectivity index is 0.00000225. The summed E-state index contributed by atoms with van der Waals surface area (Å²) in [5.74, 6) is -0.0440. The van der Waals surface area contributed by atoms with Crippen LogP contribution in [0.3, 0.4) is 0 Å². The zero-order valence-electron chi connectivity index (χ0n) is 13.3. The van der Waals surface area contributed by atoms with Crippen molar-refractivity contribution in [2.45, 2.75) is 13.0 Å². The van der Waals surface area contributed by atoms with Crippen molar-refractivity contribution >= 4 is 29.0 Å². The lowest BCUT2D eigenvalue weighted by atomic mass is 10.1. The second-order valence-corrected chi connectivity index (χ2v) is 6.43. The van der Waals surface area contributed by atoms with Crippen LogP contribution in [0.25, 0.3) is 0 Å². The minimum atomic E-state index is -0.0440. The molecular formula is C20H16Cl3NO. The standard InChI is InChI=1S/C20H16Cl2NO.ClH/c21-17-6-7-18(19(22)13-17)20(24)14-23-10-8-16(9-11-23)12-15-4-2-1-3-5-15;/h1-11,13H,12,14H2;1H/q+1;/p-1. The molecule has 0 spiro atoms. The Morgan fingerprint density at radius 1 is 0.880 bits per heavy atom. The summed E-state index contributed by atoms with van der Waals surface area (Å²) in [6.45, 7) is 0.243. The van der Waals surface area contributed by atoms with Crippen LogP contribution in [0, 0.1) is 0 Å².